The lowest BCUT2D eigenvalue weighted by Gasteiger charge is -2.24. The van der Waals surface area contributed by atoms with E-state index in [-0.39, 0.29) is 5.97 Å². The van der Waals surface area contributed by atoms with E-state index in [1.54, 1.807) is 0 Å². The molecule has 90 valence electrons. The summed E-state index contributed by atoms with van der Waals surface area (Å²) >= 11 is 0. The van der Waals surface area contributed by atoms with Crippen LogP contribution in [0.2, 0.25) is 0 Å². The molecule has 0 aromatic heterocycles. The molecular weight excluding hydrogens is 190 g/mol. The van der Waals surface area contributed by atoms with Crippen LogP contribution in [-0.4, -0.2) is 37.1 Å². The summed E-state index contributed by atoms with van der Waals surface area (Å²) in [5, 5.41) is 0. The summed E-state index contributed by atoms with van der Waals surface area (Å²) in [5.41, 5.74) is 0. The first-order valence-corrected chi connectivity index (χ1v) is 6.05. The van der Waals surface area contributed by atoms with Gasteiger partial charge in [0.2, 0.25) is 0 Å². The van der Waals surface area contributed by atoms with E-state index in [0.717, 1.165) is 13.1 Å². The number of carbonyl (C=O) groups is 1. The van der Waals surface area contributed by atoms with Crippen LogP contribution in [-0.2, 0) is 9.53 Å². The highest BCUT2D eigenvalue weighted by molar-refractivity contribution is 5.71. The van der Waals surface area contributed by atoms with Crippen LogP contribution in [0.15, 0.2) is 0 Å². The average molecular weight is 215 g/mol. The van der Waals surface area contributed by atoms with Crippen molar-refractivity contribution >= 4 is 5.97 Å². The number of ether oxygens (including phenoxy) is 1. The average Bonchev–Trinajstić information content (AvgIpc) is 2.24. The van der Waals surface area contributed by atoms with Gasteiger partial charge in [0.1, 0.15) is 0 Å². The molecule has 0 rings (SSSR count). The first kappa shape index (κ1) is 14.4. The van der Waals surface area contributed by atoms with E-state index < -0.39 is 0 Å². The highest BCUT2D eigenvalue weighted by Crippen LogP contribution is 2.09. The highest BCUT2D eigenvalue weighted by atomic mass is 16.5. The summed E-state index contributed by atoms with van der Waals surface area (Å²) in [6.07, 6.45) is 2.35. The number of hydrogen-bond donors (Lipinski definition) is 0. The maximum Gasteiger partial charge on any atom is 0.320 e. The molecule has 0 atom stereocenters. The lowest BCUT2D eigenvalue weighted by atomic mass is 10.0. The minimum Gasteiger partial charge on any atom is -0.465 e. The van der Waals surface area contributed by atoms with Gasteiger partial charge in [-0.2, -0.15) is 0 Å². The molecule has 0 aliphatic rings. The molecule has 15 heavy (non-hydrogen) atoms. The van der Waals surface area contributed by atoms with E-state index in [1.807, 2.05) is 6.92 Å². The van der Waals surface area contributed by atoms with E-state index >= 15 is 0 Å². The first-order valence-electron chi connectivity index (χ1n) is 6.05. The van der Waals surface area contributed by atoms with Gasteiger partial charge in [-0.3, -0.25) is 9.69 Å². The van der Waals surface area contributed by atoms with Gasteiger partial charge in [-0.25, -0.2) is 0 Å². The molecule has 0 spiro atoms. The summed E-state index contributed by atoms with van der Waals surface area (Å²) in [5.74, 6) is 0.588. The minimum atomic E-state index is -0.106. The van der Waals surface area contributed by atoms with E-state index in [1.165, 1.54) is 12.8 Å². The predicted molar refractivity (Wildman–Crippen MR) is 62.8 cm³/mol. The molecule has 3 nitrogen and oxygen atoms in total. The van der Waals surface area contributed by atoms with E-state index in [2.05, 4.69) is 25.7 Å². The molecule has 0 heterocycles. The number of hydrogen-bond acceptors (Lipinski definition) is 3. The van der Waals surface area contributed by atoms with Gasteiger partial charge in [0, 0.05) is 6.54 Å². The summed E-state index contributed by atoms with van der Waals surface area (Å²) < 4.78 is 4.94. The molecule has 0 unspecified atom stereocenters. The Hall–Kier alpha value is -0.570. The first-order chi connectivity index (χ1) is 7.17. The summed E-state index contributed by atoms with van der Waals surface area (Å²) in [6, 6.07) is 0. The number of carbonyl (C=O) groups excluding carboxylic acids is 1. The van der Waals surface area contributed by atoms with Crippen molar-refractivity contribution in [3.05, 3.63) is 0 Å². The van der Waals surface area contributed by atoms with Crippen LogP contribution in [0.4, 0.5) is 0 Å². The largest absolute Gasteiger partial charge is 0.465 e. The fourth-order valence-electron chi connectivity index (χ4n) is 1.61. The zero-order valence-corrected chi connectivity index (χ0v) is 10.6. The van der Waals surface area contributed by atoms with E-state index in [9.17, 15) is 4.79 Å². The quantitative estimate of drug-likeness (QED) is 0.582. The van der Waals surface area contributed by atoms with Crippen LogP contribution in [0.3, 0.4) is 0 Å². The van der Waals surface area contributed by atoms with Gasteiger partial charge in [-0.05, 0) is 19.4 Å². The van der Waals surface area contributed by atoms with Crippen LogP contribution in [0, 0.1) is 5.92 Å². The second-order valence-electron chi connectivity index (χ2n) is 3.82. The Balaban J connectivity index is 3.95. The number of esters is 1. The zero-order chi connectivity index (χ0) is 11.7. The Morgan fingerprint density at radius 2 is 1.80 bits per heavy atom. The van der Waals surface area contributed by atoms with Gasteiger partial charge >= 0.3 is 5.97 Å². The van der Waals surface area contributed by atoms with E-state index in [0.29, 0.717) is 19.1 Å². The molecular formula is C12H25NO2. The van der Waals surface area contributed by atoms with Crippen molar-refractivity contribution in [2.24, 2.45) is 5.92 Å². The van der Waals surface area contributed by atoms with Crippen molar-refractivity contribution < 1.29 is 9.53 Å². The maximum atomic E-state index is 11.3. The molecule has 0 fully saturated rings. The fourth-order valence-corrected chi connectivity index (χ4v) is 1.61. The number of nitrogens with zero attached hydrogens (tertiary/aromatic N) is 1. The molecule has 0 N–H and O–H groups in total. The normalized spacial score (nSPS) is 11.1. The zero-order valence-electron chi connectivity index (χ0n) is 10.6. The van der Waals surface area contributed by atoms with Crippen LogP contribution in [0.5, 0.6) is 0 Å². The predicted octanol–water partition coefficient (Wildman–Crippen LogP) is 2.31. The second kappa shape index (κ2) is 8.72. The molecule has 0 saturated carbocycles. The Bertz CT molecular complexity index is 167. The Labute approximate surface area is 93.8 Å². The molecule has 0 aromatic rings. The summed E-state index contributed by atoms with van der Waals surface area (Å²) in [7, 11) is 0. The smallest absolute Gasteiger partial charge is 0.320 e. The Morgan fingerprint density at radius 1 is 1.20 bits per heavy atom. The molecule has 0 aliphatic carbocycles. The van der Waals surface area contributed by atoms with Crippen LogP contribution in [0.1, 0.15) is 40.5 Å². The standard InChI is InChI=1S/C12H25NO2/c1-5-11(6-2)9-13(7-3)10-12(14)15-8-4/h11H,5-10H2,1-4H3. The van der Waals surface area contributed by atoms with Crippen molar-refractivity contribution in [2.75, 3.05) is 26.2 Å². The van der Waals surface area contributed by atoms with Crippen molar-refractivity contribution in [2.45, 2.75) is 40.5 Å². The molecule has 3 heteroatoms. The third kappa shape index (κ3) is 6.50. The number of likely N-dealkylation sites (N-methyl/N-ethyl adjacent to an activating group) is 1. The van der Waals surface area contributed by atoms with E-state index in [4.69, 9.17) is 4.74 Å². The topological polar surface area (TPSA) is 29.5 Å². The molecule has 0 aromatic carbocycles. The maximum absolute atomic E-state index is 11.3. The second-order valence-corrected chi connectivity index (χ2v) is 3.82. The highest BCUT2D eigenvalue weighted by Gasteiger charge is 2.13. The van der Waals surface area contributed by atoms with Crippen molar-refractivity contribution in [1.29, 1.82) is 0 Å². The van der Waals surface area contributed by atoms with Gasteiger partial charge < -0.3 is 4.74 Å². The molecule has 0 bridgehead atoms. The van der Waals surface area contributed by atoms with Crippen molar-refractivity contribution in [1.82, 2.24) is 4.90 Å². The van der Waals surface area contributed by atoms with Gasteiger partial charge in [-0.1, -0.05) is 33.6 Å². The van der Waals surface area contributed by atoms with Crippen molar-refractivity contribution in [3.63, 3.8) is 0 Å². The Morgan fingerprint density at radius 3 is 2.20 bits per heavy atom. The summed E-state index contributed by atoms with van der Waals surface area (Å²) in [6.45, 7) is 11.1. The minimum absolute atomic E-state index is 0.106. The molecule has 0 amide bonds. The fraction of sp³-hybridized carbons (Fsp3) is 0.917. The van der Waals surface area contributed by atoms with Crippen LogP contribution < -0.4 is 0 Å². The molecule has 0 saturated heterocycles. The van der Waals surface area contributed by atoms with Gasteiger partial charge in [0.15, 0.2) is 0 Å². The van der Waals surface area contributed by atoms with Crippen LogP contribution in [0.25, 0.3) is 0 Å². The molecule has 0 radical (unpaired) electrons. The third-order valence-electron chi connectivity index (χ3n) is 2.78. The van der Waals surface area contributed by atoms with Gasteiger partial charge in [-0.15, -0.1) is 0 Å². The number of rotatable bonds is 8. The van der Waals surface area contributed by atoms with Gasteiger partial charge in [0.25, 0.3) is 0 Å². The third-order valence-corrected chi connectivity index (χ3v) is 2.78. The van der Waals surface area contributed by atoms with Crippen molar-refractivity contribution in [3.8, 4) is 0 Å². The van der Waals surface area contributed by atoms with Crippen LogP contribution >= 0.6 is 0 Å². The lowest BCUT2D eigenvalue weighted by molar-refractivity contribution is -0.144. The van der Waals surface area contributed by atoms with Gasteiger partial charge in [0.05, 0.1) is 13.2 Å². The summed E-state index contributed by atoms with van der Waals surface area (Å²) in [4.78, 5) is 13.5. The molecule has 0 aliphatic heterocycles. The lowest BCUT2D eigenvalue weighted by Crippen LogP contribution is -2.34. The monoisotopic (exact) mass is 215 g/mol. The SMILES string of the molecule is CCOC(=O)CN(CC)CC(CC)CC. The Kier molecular flexibility index (Phi) is 8.38.